The molecular formula is C25H27NO8. The van der Waals surface area contributed by atoms with Crippen molar-refractivity contribution in [2.45, 2.75) is 81.7 Å². The second-order valence-electron chi connectivity index (χ2n) is 10.7. The molecule has 5 fully saturated rings. The smallest absolute Gasteiger partial charge is 0.241 e. The molecule has 2 amide bonds. The third kappa shape index (κ3) is 2.65. The summed E-state index contributed by atoms with van der Waals surface area (Å²) in [6.07, 6.45) is 0.213. The molecule has 0 aliphatic carbocycles. The van der Waals surface area contributed by atoms with Gasteiger partial charge in [-0.25, -0.2) is 4.90 Å². The molecule has 1 aromatic rings. The summed E-state index contributed by atoms with van der Waals surface area (Å²) in [5.74, 6) is -3.65. The number of benzene rings is 1. The highest BCUT2D eigenvalue weighted by molar-refractivity contribution is 6.23. The highest BCUT2D eigenvalue weighted by Crippen LogP contribution is 2.58. The molecule has 6 aliphatic rings. The summed E-state index contributed by atoms with van der Waals surface area (Å²) < 4.78 is 37.6. The van der Waals surface area contributed by atoms with E-state index in [-0.39, 0.29) is 11.8 Å². The summed E-state index contributed by atoms with van der Waals surface area (Å²) in [5.41, 5.74) is -0.626. The Morgan fingerprint density at radius 3 is 2.24 bits per heavy atom. The molecule has 1 aromatic carbocycles. The lowest BCUT2D eigenvalue weighted by Crippen LogP contribution is -2.64. The van der Waals surface area contributed by atoms with E-state index in [1.54, 1.807) is 12.1 Å². The monoisotopic (exact) mass is 469 g/mol. The predicted molar refractivity (Wildman–Crippen MR) is 115 cm³/mol. The summed E-state index contributed by atoms with van der Waals surface area (Å²) in [7, 11) is 0. The van der Waals surface area contributed by atoms with Crippen molar-refractivity contribution in [2.24, 2.45) is 11.8 Å². The van der Waals surface area contributed by atoms with Crippen LogP contribution < -0.4 is 4.90 Å². The first kappa shape index (κ1) is 21.2. The van der Waals surface area contributed by atoms with Gasteiger partial charge >= 0.3 is 0 Å². The number of hydrogen-bond acceptors (Lipinski definition) is 8. The van der Waals surface area contributed by atoms with Gasteiger partial charge in [-0.1, -0.05) is 30.4 Å². The summed E-state index contributed by atoms with van der Waals surface area (Å²) in [4.78, 5) is 28.5. The quantitative estimate of drug-likeness (QED) is 0.479. The molecule has 34 heavy (non-hydrogen) atoms. The van der Waals surface area contributed by atoms with Gasteiger partial charge in [0.25, 0.3) is 0 Å². The highest BCUT2D eigenvalue weighted by atomic mass is 16.9. The van der Waals surface area contributed by atoms with E-state index in [0.717, 1.165) is 0 Å². The van der Waals surface area contributed by atoms with Gasteiger partial charge in [-0.05, 0) is 39.8 Å². The Morgan fingerprint density at radius 2 is 1.47 bits per heavy atom. The average molecular weight is 469 g/mol. The van der Waals surface area contributed by atoms with Gasteiger partial charge in [0.2, 0.25) is 11.8 Å². The maximum absolute atomic E-state index is 13.8. The lowest BCUT2D eigenvalue weighted by Gasteiger charge is -2.45. The van der Waals surface area contributed by atoms with Crippen LogP contribution >= 0.6 is 0 Å². The van der Waals surface area contributed by atoms with Crippen LogP contribution in [-0.4, -0.2) is 65.8 Å². The molecule has 5 saturated heterocycles. The fraction of sp³-hybridized carbons (Fsp3) is 0.600. The Kier molecular flexibility index (Phi) is 4.07. The van der Waals surface area contributed by atoms with E-state index in [1.165, 1.54) is 4.90 Å². The van der Waals surface area contributed by atoms with Crippen molar-refractivity contribution >= 4 is 17.5 Å². The van der Waals surface area contributed by atoms with Crippen molar-refractivity contribution in [3.63, 3.8) is 0 Å². The number of anilines is 1. The Balaban J connectivity index is 1.30. The Labute approximate surface area is 196 Å². The molecule has 7 rings (SSSR count). The molecule has 9 atom stereocenters. The van der Waals surface area contributed by atoms with Gasteiger partial charge in [-0.15, -0.1) is 0 Å². The zero-order valence-electron chi connectivity index (χ0n) is 19.4. The number of ether oxygens (including phenoxy) is 6. The van der Waals surface area contributed by atoms with E-state index < -0.39 is 65.8 Å². The number of rotatable bonds is 2. The molecule has 9 nitrogen and oxygen atoms in total. The van der Waals surface area contributed by atoms with Crippen molar-refractivity contribution in [1.29, 1.82) is 0 Å². The zero-order chi connectivity index (χ0) is 23.6. The molecule has 9 heteroatoms. The summed E-state index contributed by atoms with van der Waals surface area (Å²) in [6.45, 7) is 7.32. The van der Waals surface area contributed by atoms with Crippen LogP contribution in [0.5, 0.6) is 0 Å². The second kappa shape index (κ2) is 6.54. The first-order valence-corrected chi connectivity index (χ1v) is 11.8. The molecule has 6 aliphatic heterocycles. The molecule has 0 radical (unpaired) electrons. The Bertz CT molecular complexity index is 1100. The van der Waals surface area contributed by atoms with Crippen LogP contribution in [0.25, 0.3) is 0 Å². The number of para-hydroxylation sites is 1. The summed E-state index contributed by atoms with van der Waals surface area (Å²) in [5, 5.41) is 0. The lowest BCUT2D eigenvalue weighted by atomic mass is 9.71. The molecular weight excluding hydrogens is 442 g/mol. The lowest BCUT2D eigenvalue weighted by molar-refractivity contribution is -0.269. The van der Waals surface area contributed by atoms with Gasteiger partial charge in [-0.2, -0.15) is 0 Å². The third-order valence-electron chi connectivity index (χ3n) is 7.69. The van der Waals surface area contributed by atoms with Crippen LogP contribution in [0.15, 0.2) is 42.5 Å². The number of fused-ring (bicyclic) bond motifs is 8. The van der Waals surface area contributed by atoms with Crippen molar-refractivity contribution in [2.75, 3.05) is 4.90 Å². The normalized spacial score (nSPS) is 47.2. The average Bonchev–Trinajstić information content (AvgIpc) is 3.54. The molecule has 2 bridgehead atoms. The fourth-order valence-electron chi connectivity index (χ4n) is 6.57. The minimum absolute atomic E-state index is 0.256. The van der Waals surface area contributed by atoms with Crippen molar-refractivity contribution in [3.05, 3.63) is 42.5 Å². The van der Waals surface area contributed by atoms with Crippen LogP contribution in [0.3, 0.4) is 0 Å². The maximum Gasteiger partial charge on any atom is 0.241 e. The van der Waals surface area contributed by atoms with Gasteiger partial charge in [0, 0.05) is 0 Å². The minimum atomic E-state index is -1.18. The molecule has 0 spiro atoms. The summed E-state index contributed by atoms with van der Waals surface area (Å²) in [6, 6.07) is 8.99. The molecule has 0 saturated carbocycles. The third-order valence-corrected chi connectivity index (χ3v) is 7.69. The first-order chi connectivity index (χ1) is 16.1. The number of carbonyl (C=O) groups excluding carboxylic acids is 2. The van der Waals surface area contributed by atoms with E-state index >= 15 is 0 Å². The van der Waals surface area contributed by atoms with Gasteiger partial charge < -0.3 is 28.4 Å². The number of hydrogen-bond donors (Lipinski definition) is 0. The van der Waals surface area contributed by atoms with Gasteiger partial charge in [0.1, 0.15) is 30.0 Å². The van der Waals surface area contributed by atoms with Gasteiger partial charge in [0.05, 0.1) is 23.6 Å². The van der Waals surface area contributed by atoms with E-state index in [1.807, 2.05) is 58.0 Å². The molecule has 0 N–H and O–H groups in total. The largest absolute Gasteiger partial charge is 0.359 e. The topological polar surface area (TPSA) is 92.8 Å². The number of imide groups is 1. The van der Waals surface area contributed by atoms with Crippen molar-refractivity contribution < 1.29 is 38.0 Å². The van der Waals surface area contributed by atoms with Crippen LogP contribution in [-0.2, 0) is 38.0 Å². The van der Waals surface area contributed by atoms with E-state index in [2.05, 4.69) is 0 Å². The van der Waals surface area contributed by atoms with Crippen molar-refractivity contribution in [3.8, 4) is 0 Å². The Hall–Kier alpha value is -2.14. The van der Waals surface area contributed by atoms with E-state index in [4.69, 9.17) is 28.4 Å². The molecule has 0 unspecified atom stereocenters. The van der Waals surface area contributed by atoms with Crippen LogP contribution in [0.1, 0.15) is 27.7 Å². The fourth-order valence-corrected chi connectivity index (χ4v) is 6.57. The minimum Gasteiger partial charge on any atom is -0.359 e. The second-order valence-corrected chi connectivity index (χ2v) is 10.7. The zero-order valence-corrected chi connectivity index (χ0v) is 19.4. The highest BCUT2D eigenvalue weighted by Gasteiger charge is 2.75. The van der Waals surface area contributed by atoms with Crippen LogP contribution in [0, 0.1) is 11.8 Å². The van der Waals surface area contributed by atoms with Gasteiger partial charge in [-0.3, -0.25) is 9.59 Å². The predicted octanol–water partition coefficient (Wildman–Crippen LogP) is 1.90. The van der Waals surface area contributed by atoms with Crippen LogP contribution in [0.2, 0.25) is 0 Å². The van der Waals surface area contributed by atoms with Crippen LogP contribution in [0.4, 0.5) is 5.69 Å². The molecule has 6 heterocycles. The summed E-state index contributed by atoms with van der Waals surface area (Å²) >= 11 is 0. The van der Waals surface area contributed by atoms with E-state index in [9.17, 15) is 9.59 Å². The molecule has 0 aromatic heterocycles. The maximum atomic E-state index is 13.8. The SMILES string of the molecule is CC1(C)O[C@H]2[C@@H](O1)[C@@H]([C@]13C=C[C@H](O1)[C@@H]1C(=O)N(c4ccccc4)C(=O)[C@@H]13)O[C@@H]1OC(C)(C)O[C@@H]12. The van der Waals surface area contributed by atoms with Gasteiger partial charge in [0.15, 0.2) is 17.9 Å². The number of carbonyl (C=O) groups is 2. The first-order valence-electron chi connectivity index (χ1n) is 11.8. The number of nitrogens with zero attached hydrogens (tertiary/aromatic N) is 1. The standard InChI is InChI=1S/C25H27NO8/c1-23(2)31-16-17(32-23)19(29-22-18(16)33-24(3,4)34-22)25-11-10-13(30-25)14-15(25)21(28)26(20(14)27)12-8-6-5-7-9-12/h5-11,13-19,22H,1-4H3/t13-,14-,15+,16-,17+,18+,19-,22+,25+/m0/s1. The number of amides is 2. The Morgan fingerprint density at radius 1 is 0.794 bits per heavy atom. The van der Waals surface area contributed by atoms with Crippen molar-refractivity contribution in [1.82, 2.24) is 0 Å². The van der Waals surface area contributed by atoms with E-state index in [0.29, 0.717) is 5.69 Å². The molecule has 180 valence electrons.